The molecule has 0 bridgehead atoms. The Kier molecular flexibility index (Phi) is 7.05. The van der Waals surface area contributed by atoms with Crippen molar-refractivity contribution in [1.82, 2.24) is 15.6 Å². The van der Waals surface area contributed by atoms with E-state index in [4.69, 9.17) is 9.47 Å². The van der Waals surface area contributed by atoms with Crippen LogP contribution in [-0.2, 0) is 13.0 Å². The maximum Gasteiger partial charge on any atom is 0.123 e. The summed E-state index contributed by atoms with van der Waals surface area (Å²) in [6.45, 7) is 8.83. The van der Waals surface area contributed by atoms with Crippen molar-refractivity contribution in [3.63, 3.8) is 0 Å². The van der Waals surface area contributed by atoms with E-state index in [0.29, 0.717) is 13.2 Å². The predicted octanol–water partition coefficient (Wildman–Crippen LogP) is 2.58. The zero-order valence-electron chi connectivity index (χ0n) is 15.1. The van der Waals surface area contributed by atoms with Crippen LogP contribution in [0, 0.1) is 5.92 Å². The highest BCUT2D eigenvalue weighted by Crippen LogP contribution is 2.23. The molecule has 0 saturated carbocycles. The van der Waals surface area contributed by atoms with Gasteiger partial charge in [0.2, 0.25) is 0 Å². The van der Waals surface area contributed by atoms with E-state index in [-0.39, 0.29) is 0 Å². The average Bonchev–Trinajstić information content (AvgIpc) is 2.63. The predicted molar refractivity (Wildman–Crippen MR) is 104 cm³/mol. The van der Waals surface area contributed by atoms with Crippen molar-refractivity contribution in [2.75, 3.05) is 32.8 Å². The number of benzene rings is 1. The minimum absolute atomic E-state index is 0.484. The molecule has 0 amide bonds. The Morgan fingerprint density at radius 3 is 2.73 bits per heavy atom. The number of pyridine rings is 1. The molecular weight excluding hydrogens is 326 g/mol. The third kappa shape index (κ3) is 5.86. The molecule has 0 aliphatic carbocycles. The maximum absolute atomic E-state index is 5.95. The molecule has 0 atom stereocenters. The number of hydrogen-bond donors (Lipinski definition) is 2. The molecule has 0 spiro atoms. The molecule has 1 aromatic carbocycles. The van der Waals surface area contributed by atoms with Crippen molar-refractivity contribution < 1.29 is 9.47 Å². The fourth-order valence-corrected chi connectivity index (χ4v) is 2.79. The summed E-state index contributed by atoms with van der Waals surface area (Å²) in [5, 5.41) is 6.81. The van der Waals surface area contributed by atoms with E-state index in [9.17, 15) is 0 Å². The Balaban J connectivity index is 1.56. The molecule has 2 N–H and O–H groups in total. The molecule has 0 radical (unpaired) electrons. The van der Waals surface area contributed by atoms with Crippen LogP contribution < -0.4 is 20.1 Å². The number of nitrogens with one attached hydrogen (secondary N) is 2. The van der Waals surface area contributed by atoms with Gasteiger partial charge < -0.3 is 20.1 Å². The van der Waals surface area contributed by atoms with Crippen LogP contribution >= 0.6 is 0 Å². The van der Waals surface area contributed by atoms with Gasteiger partial charge in [0, 0.05) is 50.6 Å². The quantitative estimate of drug-likeness (QED) is 0.608. The minimum atomic E-state index is 0.484. The van der Waals surface area contributed by atoms with Crippen molar-refractivity contribution in [2.24, 2.45) is 5.92 Å². The Bertz CT molecular complexity index is 687. The highest BCUT2D eigenvalue weighted by molar-refractivity contribution is 5.38. The lowest BCUT2D eigenvalue weighted by atomic mass is 10.0. The first-order valence-corrected chi connectivity index (χ1v) is 9.15. The van der Waals surface area contributed by atoms with Gasteiger partial charge in [0.15, 0.2) is 0 Å². The van der Waals surface area contributed by atoms with Crippen LogP contribution in [0.25, 0.3) is 0 Å². The summed E-state index contributed by atoms with van der Waals surface area (Å²) < 4.78 is 11.7. The van der Waals surface area contributed by atoms with Crippen LogP contribution in [0.15, 0.2) is 55.3 Å². The van der Waals surface area contributed by atoms with Crippen LogP contribution in [0.4, 0.5) is 0 Å². The Morgan fingerprint density at radius 1 is 1.19 bits per heavy atom. The summed E-state index contributed by atoms with van der Waals surface area (Å²) in [6, 6.07) is 12.0. The largest absolute Gasteiger partial charge is 0.493 e. The first kappa shape index (κ1) is 18.4. The van der Waals surface area contributed by atoms with Gasteiger partial charge >= 0.3 is 0 Å². The molecule has 3 rings (SSSR count). The first-order chi connectivity index (χ1) is 12.8. The fourth-order valence-electron chi connectivity index (χ4n) is 2.79. The van der Waals surface area contributed by atoms with Gasteiger partial charge in [-0.1, -0.05) is 18.7 Å². The average molecular weight is 353 g/mol. The van der Waals surface area contributed by atoms with Gasteiger partial charge in [0.05, 0.1) is 6.61 Å². The van der Waals surface area contributed by atoms with Crippen molar-refractivity contribution in [2.45, 2.75) is 13.0 Å². The number of nitrogens with zero attached hydrogens (tertiary/aromatic N) is 1. The zero-order chi connectivity index (χ0) is 18.0. The van der Waals surface area contributed by atoms with Crippen molar-refractivity contribution in [3.8, 4) is 11.5 Å². The first-order valence-electron chi connectivity index (χ1n) is 9.15. The third-order valence-electron chi connectivity index (χ3n) is 4.29. The molecule has 2 aromatic rings. The van der Waals surface area contributed by atoms with Crippen LogP contribution in [0.3, 0.4) is 0 Å². The van der Waals surface area contributed by atoms with Gasteiger partial charge in [0.25, 0.3) is 0 Å². The van der Waals surface area contributed by atoms with Gasteiger partial charge in [0.1, 0.15) is 18.1 Å². The Hall–Kier alpha value is -2.37. The molecule has 26 heavy (non-hydrogen) atoms. The summed E-state index contributed by atoms with van der Waals surface area (Å²) in [5.41, 5.74) is 2.19. The molecule has 5 heteroatoms. The third-order valence-corrected chi connectivity index (χ3v) is 4.29. The molecular formula is C21H27N3O2. The van der Waals surface area contributed by atoms with E-state index in [0.717, 1.165) is 61.3 Å². The van der Waals surface area contributed by atoms with E-state index in [2.05, 4.69) is 34.3 Å². The van der Waals surface area contributed by atoms with Crippen LogP contribution in [0.1, 0.15) is 11.3 Å². The smallest absolute Gasteiger partial charge is 0.123 e. The second-order valence-corrected chi connectivity index (χ2v) is 6.49. The number of ether oxygens (including phenoxy) is 2. The van der Waals surface area contributed by atoms with Crippen LogP contribution in [0.5, 0.6) is 11.5 Å². The van der Waals surface area contributed by atoms with Gasteiger partial charge in [-0.05, 0) is 35.7 Å². The van der Waals surface area contributed by atoms with Crippen molar-refractivity contribution in [3.05, 3.63) is 66.5 Å². The summed E-state index contributed by atoms with van der Waals surface area (Å²) in [6.07, 6.45) is 4.33. The molecule has 1 aliphatic rings. The number of rotatable bonds is 11. The molecule has 138 valence electrons. The molecule has 1 saturated heterocycles. The van der Waals surface area contributed by atoms with Crippen molar-refractivity contribution >= 4 is 0 Å². The van der Waals surface area contributed by atoms with Crippen LogP contribution in [0.2, 0.25) is 0 Å². The van der Waals surface area contributed by atoms with E-state index >= 15 is 0 Å². The fraction of sp³-hybridized carbons (Fsp3) is 0.381. The molecule has 5 nitrogen and oxygen atoms in total. The van der Waals surface area contributed by atoms with E-state index in [1.807, 2.05) is 24.3 Å². The van der Waals surface area contributed by atoms with E-state index in [1.54, 1.807) is 12.3 Å². The number of hydrogen-bond acceptors (Lipinski definition) is 5. The normalized spacial score (nSPS) is 13.8. The van der Waals surface area contributed by atoms with Gasteiger partial charge in [-0.15, -0.1) is 0 Å². The summed E-state index contributed by atoms with van der Waals surface area (Å²) >= 11 is 0. The highest BCUT2D eigenvalue weighted by atomic mass is 16.5. The Morgan fingerprint density at radius 2 is 2.04 bits per heavy atom. The van der Waals surface area contributed by atoms with Gasteiger partial charge in [-0.3, -0.25) is 4.98 Å². The maximum atomic E-state index is 5.95. The lowest BCUT2D eigenvalue weighted by molar-refractivity contribution is 0.313. The van der Waals surface area contributed by atoms with Crippen molar-refractivity contribution in [1.29, 1.82) is 0 Å². The lowest BCUT2D eigenvalue weighted by Gasteiger charge is -2.27. The van der Waals surface area contributed by atoms with E-state index in [1.165, 1.54) is 0 Å². The highest BCUT2D eigenvalue weighted by Gasteiger charge is 2.15. The summed E-state index contributed by atoms with van der Waals surface area (Å²) in [4.78, 5) is 4.33. The van der Waals surface area contributed by atoms with Crippen LogP contribution in [-0.4, -0.2) is 37.8 Å². The SMILES string of the molecule is C=CCOc1cc(CNCC2CNC2)cc(OCCc2ccccn2)c1. The molecule has 1 fully saturated rings. The van der Waals surface area contributed by atoms with E-state index < -0.39 is 0 Å². The lowest BCUT2D eigenvalue weighted by Crippen LogP contribution is -2.47. The standard InChI is InChI=1S/C21H27N3O2/c1-2-8-25-20-10-17(13-22-14-18-15-23-16-18)11-21(12-20)26-9-6-19-5-3-4-7-24-19/h2-5,7,10-12,18,22-23H,1,6,8-9,13-16H2. The minimum Gasteiger partial charge on any atom is -0.493 e. The van der Waals surface area contributed by atoms with Gasteiger partial charge in [-0.25, -0.2) is 0 Å². The monoisotopic (exact) mass is 353 g/mol. The molecule has 1 aromatic heterocycles. The zero-order valence-corrected chi connectivity index (χ0v) is 15.1. The summed E-state index contributed by atoms with van der Waals surface area (Å²) in [5.74, 6) is 2.37. The molecule has 0 unspecified atom stereocenters. The molecule has 2 heterocycles. The topological polar surface area (TPSA) is 55.4 Å². The second-order valence-electron chi connectivity index (χ2n) is 6.49. The molecule has 1 aliphatic heterocycles. The van der Waals surface area contributed by atoms with Gasteiger partial charge in [-0.2, -0.15) is 0 Å². The Labute approximate surface area is 155 Å². The second kappa shape index (κ2) is 9.94. The summed E-state index contributed by atoms with van der Waals surface area (Å²) in [7, 11) is 0. The number of aromatic nitrogens is 1.